The summed E-state index contributed by atoms with van der Waals surface area (Å²) in [7, 11) is 0. The number of hydrogen-bond donors (Lipinski definition) is 1. The average Bonchev–Trinajstić information content (AvgIpc) is 2.24. The van der Waals surface area contributed by atoms with Gasteiger partial charge in [-0.1, -0.05) is 51.0 Å². The highest BCUT2D eigenvalue weighted by Crippen LogP contribution is 2.24. The van der Waals surface area contributed by atoms with Crippen molar-refractivity contribution in [2.75, 3.05) is 0 Å². The molecule has 0 heterocycles. The molecule has 0 radical (unpaired) electrons. The molecule has 1 atom stereocenters. The predicted molar refractivity (Wildman–Crippen MR) is 79.6 cm³/mol. The quantitative estimate of drug-likeness (QED) is 0.773. The molecular weight excluding hydrogens is 218 g/mol. The summed E-state index contributed by atoms with van der Waals surface area (Å²) in [6.07, 6.45) is 5.62. The Hall–Kier alpha value is -1.26. The van der Waals surface area contributed by atoms with Crippen LogP contribution in [0.5, 0.6) is 0 Å². The largest absolute Gasteiger partial charge is 0.295 e. The average molecular weight is 243 g/mol. The van der Waals surface area contributed by atoms with Gasteiger partial charge in [-0.15, -0.1) is 6.42 Å². The van der Waals surface area contributed by atoms with Gasteiger partial charge in [0, 0.05) is 5.54 Å². The molecule has 0 saturated carbocycles. The van der Waals surface area contributed by atoms with Gasteiger partial charge in [-0.25, -0.2) is 0 Å². The van der Waals surface area contributed by atoms with Crippen molar-refractivity contribution in [3.05, 3.63) is 35.4 Å². The van der Waals surface area contributed by atoms with E-state index in [0.29, 0.717) is 0 Å². The van der Waals surface area contributed by atoms with Gasteiger partial charge < -0.3 is 0 Å². The summed E-state index contributed by atoms with van der Waals surface area (Å²) < 4.78 is 0. The van der Waals surface area contributed by atoms with Crippen LogP contribution >= 0.6 is 0 Å². The molecule has 0 fully saturated rings. The molecule has 98 valence electrons. The standard InChI is InChI=1S/C17H25N/c1-8-15(18-17(5,6)7)13-9-11-14(12-10-13)16(2,3)4/h1,9-12,15,18H,2-7H3. The molecule has 0 aromatic heterocycles. The Labute approximate surface area is 112 Å². The van der Waals surface area contributed by atoms with Crippen LogP contribution in [0.2, 0.25) is 0 Å². The zero-order valence-corrected chi connectivity index (χ0v) is 12.5. The van der Waals surface area contributed by atoms with E-state index in [4.69, 9.17) is 6.42 Å². The topological polar surface area (TPSA) is 12.0 Å². The van der Waals surface area contributed by atoms with E-state index in [1.807, 2.05) is 0 Å². The molecule has 1 unspecified atom stereocenters. The van der Waals surface area contributed by atoms with Gasteiger partial charge in [-0.3, -0.25) is 5.32 Å². The van der Waals surface area contributed by atoms with Crippen molar-refractivity contribution in [2.45, 2.75) is 58.5 Å². The Morgan fingerprint density at radius 2 is 1.50 bits per heavy atom. The van der Waals surface area contributed by atoms with Crippen molar-refractivity contribution >= 4 is 0 Å². The summed E-state index contributed by atoms with van der Waals surface area (Å²) in [5.41, 5.74) is 2.68. The van der Waals surface area contributed by atoms with Gasteiger partial charge in [-0.05, 0) is 37.3 Å². The molecule has 18 heavy (non-hydrogen) atoms. The van der Waals surface area contributed by atoms with Gasteiger partial charge in [-0.2, -0.15) is 0 Å². The molecule has 1 rings (SSSR count). The fourth-order valence-corrected chi connectivity index (χ4v) is 1.83. The van der Waals surface area contributed by atoms with Gasteiger partial charge >= 0.3 is 0 Å². The Bertz CT molecular complexity index is 421. The van der Waals surface area contributed by atoms with Crippen molar-refractivity contribution in [2.24, 2.45) is 0 Å². The molecule has 0 aliphatic rings. The van der Waals surface area contributed by atoms with Crippen molar-refractivity contribution < 1.29 is 0 Å². The Kier molecular flexibility index (Phi) is 4.24. The number of benzene rings is 1. The summed E-state index contributed by atoms with van der Waals surface area (Å²) >= 11 is 0. The molecule has 1 nitrogen and oxygen atoms in total. The van der Waals surface area contributed by atoms with E-state index in [1.165, 1.54) is 5.56 Å². The molecule has 0 aliphatic heterocycles. The second-order valence-electron chi connectivity index (χ2n) is 6.87. The first-order valence-electron chi connectivity index (χ1n) is 6.48. The second-order valence-corrected chi connectivity index (χ2v) is 6.87. The molecule has 1 N–H and O–H groups in total. The molecule has 1 heteroatoms. The van der Waals surface area contributed by atoms with Crippen LogP contribution in [0.25, 0.3) is 0 Å². The third-order valence-electron chi connectivity index (χ3n) is 2.85. The van der Waals surface area contributed by atoms with Gasteiger partial charge in [0.2, 0.25) is 0 Å². The third-order valence-corrected chi connectivity index (χ3v) is 2.85. The van der Waals surface area contributed by atoms with E-state index in [-0.39, 0.29) is 17.0 Å². The van der Waals surface area contributed by atoms with E-state index in [0.717, 1.165) is 5.56 Å². The minimum atomic E-state index is -0.0287. The maximum absolute atomic E-state index is 5.62. The Morgan fingerprint density at radius 1 is 1.00 bits per heavy atom. The SMILES string of the molecule is C#CC(NC(C)(C)C)c1ccc(C(C)(C)C)cc1. The van der Waals surface area contributed by atoms with Gasteiger partial charge in [0.25, 0.3) is 0 Å². The molecule has 0 aliphatic carbocycles. The zero-order chi connectivity index (χ0) is 14.0. The first-order valence-corrected chi connectivity index (χ1v) is 6.48. The lowest BCUT2D eigenvalue weighted by atomic mass is 9.86. The van der Waals surface area contributed by atoms with Gasteiger partial charge in [0.05, 0.1) is 6.04 Å². The molecule has 0 bridgehead atoms. The van der Waals surface area contributed by atoms with Crippen molar-refractivity contribution in [1.29, 1.82) is 0 Å². The smallest absolute Gasteiger partial charge is 0.0947 e. The number of hydrogen-bond acceptors (Lipinski definition) is 1. The van der Waals surface area contributed by atoms with Crippen molar-refractivity contribution in [3.8, 4) is 12.3 Å². The predicted octanol–water partition coefficient (Wildman–Crippen LogP) is 4.05. The monoisotopic (exact) mass is 243 g/mol. The number of rotatable bonds is 2. The molecule has 0 spiro atoms. The van der Waals surface area contributed by atoms with Crippen LogP contribution in [0.15, 0.2) is 24.3 Å². The lowest BCUT2D eigenvalue weighted by Crippen LogP contribution is -2.38. The maximum Gasteiger partial charge on any atom is 0.0947 e. The number of nitrogens with one attached hydrogen (secondary N) is 1. The minimum absolute atomic E-state index is 0.0136. The first kappa shape index (κ1) is 14.8. The Morgan fingerprint density at radius 3 is 1.83 bits per heavy atom. The fraction of sp³-hybridized carbons (Fsp3) is 0.529. The highest BCUT2D eigenvalue weighted by atomic mass is 15.0. The van der Waals surface area contributed by atoms with Crippen LogP contribution in [-0.2, 0) is 5.41 Å². The highest BCUT2D eigenvalue weighted by molar-refractivity contribution is 5.32. The van der Waals surface area contributed by atoms with E-state index in [9.17, 15) is 0 Å². The summed E-state index contributed by atoms with van der Waals surface area (Å²) in [6.45, 7) is 13.0. The van der Waals surface area contributed by atoms with E-state index < -0.39 is 0 Å². The zero-order valence-electron chi connectivity index (χ0n) is 12.5. The normalized spacial score (nSPS) is 14.1. The van der Waals surface area contributed by atoms with Crippen molar-refractivity contribution in [1.82, 2.24) is 5.32 Å². The molecule has 0 amide bonds. The van der Waals surface area contributed by atoms with Crippen LogP contribution < -0.4 is 5.32 Å². The minimum Gasteiger partial charge on any atom is -0.295 e. The maximum atomic E-state index is 5.62. The van der Waals surface area contributed by atoms with Crippen molar-refractivity contribution in [3.63, 3.8) is 0 Å². The third kappa shape index (κ3) is 4.20. The lowest BCUT2D eigenvalue weighted by molar-refractivity contribution is 0.402. The molecule has 0 saturated heterocycles. The fourth-order valence-electron chi connectivity index (χ4n) is 1.83. The van der Waals surface area contributed by atoms with Gasteiger partial charge in [0.1, 0.15) is 0 Å². The van der Waals surface area contributed by atoms with E-state index in [1.54, 1.807) is 0 Å². The van der Waals surface area contributed by atoms with Crippen LogP contribution in [0.1, 0.15) is 58.7 Å². The second kappa shape index (κ2) is 5.16. The van der Waals surface area contributed by atoms with Crippen LogP contribution in [-0.4, -0.2) is 5.54 Å². The summed E-state index contributed by atoms with van der Waals surface area (Å²) in [5.74, 6) is 2.82. The molecule has 1 aromatic rings. The van der Waals surface area contributed by atoms with Gasteiger partial charge in [0.15, 0.2) is 0 Å². The summed E-state index contributed by atoms with van der Waals surface area (Å²) in [6, 6.07) is 8.57. The van der Waals surface area contributed by atoms with E-state index >= 15 is 0 Å². The van der Waals surface area contributed by atoms with Crippen LogP contribution in [0, 0.1) is 12.3 Å². The van der Waals surface area contributed by atoms with Crippen LogP contribution in [0.3, 0.4) is 0 Å². The summed E-state index contributed by atoms with van der Waals surface area (Å²) in [4.78, 5) is 0. The molecular formula is C17H25N. The number of terminal acetylenes is 1. The van der Waals surface area contributed by atoms with Crippen LogP contribution in [0.4, 0.5) is 0 Å². The lowest BCUT2D eigenvalue weighted by Gasteiger charge is -2.26. The molecule has 1 aromatic carbocycles. The highest BCUT2D eigenvalue weighted by Gasteiger charge is 2.18. The first-order chi connectivity index (χ1) is 8.13. The summed E-state index contributed by atoms with van der Waals surface area (Å²) in [5, 5.41) is 3.44. The Balaban J connectivity index is 2.94. The van der Waals surface area contributed by atoms with E-state index in [2.05, 4.69) is 77.0 Å².